The number of hydrogen-bond donors (Lipinski definition) is 1. The van der Waals surface area contributed by atoms with Crippen molar-refractivity contribution in [2.75, 3.05) is 12.3 Å². The molecule has 1 heterocycles. The maximum atomic E-state index is 5.35. The number of hydrogen-bond acceptors (Lipinski definition) is 4. The van der Waals surface area contributed by atoms with Crippen LogP contribution in [0.1, 0.15) is 5.69 Å². The largest absolute Gasteiger partial charge is 0.330 e. The van der Waals surface area contributed by atoms with Crippen LogP contribution < -0.4 is 5.73 Å². The molecule has 0 amide bonds. The van der Waals surface area contributed by atoms with Gasteiger partial charge in [-0.2, -0.15) is 0 Å². The molecule has 0 aliphatic carbocycles. The summed E-state index contributed by atoms with van der Waals surface area (Å²) in [6.45, 7) is 2.61. The third kappa shape index (κ3) is 2.86. The fourth-order valence-corrected chi connectivity index (χ4v) is 1.34. The molecule has 0 aromatic carbocycles. The van der Waals surface area contributed by atoms with Gasteiger partial charge >= 0.3 is 0 Å². The quantitative estimate of drug-likeness (QED) is 0.681. The van der Waals surface area contributed by atoms with E-state index in [4.69, 9.17) is 5.73 Å². The molecule has 0 fully saturated rings. The van der Waals surface area contributed by atoms with Crippen LogP contribution in [0.15, 0.2) is 17.4 Å². The highest BCUT2D eigenvalue weighted by atomic mass is 32.2. The first-order valence-electron chi connectivity index (χ1n) is 3.44. The van der Waals surface area contributed by atoms with Gasteiger partial charge in [-0.1, -0.05) is 0 Å². The Bertz CT molecular complexity index is 227. The van der Waals surface area contributed by atoms with Crippen LogP contribution in [-0.4, -0.2) is 22.3 Å². The number of nitrogens with zero attached hydrogens (tertiary/aromatic N) is 2. The molecule has 0 saturated heterocycles. The summed E-state index contributed by atoms with van der Waals surface area (Å²) in [5.74, 6) is 0.901. The molecule has 0 radical (unpaired) electrons. The molecule has 11 heavy (non-hydrogen) atoms. The van der Waals surface area contributed by atoms with Crippen LogP contribution in [0.4, 0.5) is 0 Å². The van der Waals surface area contributed by atoms with Gasteiger partial charge in [0.05, 0.1) is 11.9 Å². The average molecular weight is 169 g/mol. The fraction of sp³-hybridized carbons (Fsp3) is 0.429. The Morgan fingerprint density at radius 1 is 1.55 bits per heavy atom. The van der Waals surface area contributed by atoms with Crippen LogP contribution in [0.5, 0.6) is 0 Å². The molecule has 0 saturated carbocycles. The minimum absolute atomic E-state index is 0.681. The van der Waals surface area contributed by atoms with E-state index >= 15 is 0 Å². The van der Waals surface area contributed by atoms with Gasteiger partial charge in [0.15, 0.2) is 0 Å². The number of nitrogens with two attached hydrogens (primary N) is 1. The van der Waals surface area contributed by atoms with Crippen molar-refractivity contribution in [3.05, 3.63) is 18.1 Å². The molecule has 2 N–H and O–H groups in total. The number of rotatable bonds is 3. The average Bonchev–Trinajstić information content (AvgIpc) is 2.01. The minimum atomic E-state index is 0.681. The van der Waals surface area contributed by atoms with Crippen molar-refractivity contribution in [1.29, 1.82) is 0 Å². The van der Waals surface area contributed by atoms with Crippen molar-refractivity contribution in [2.24, 2.45) is 5.73 Å². The molecule has 60 valence electrons. The zero-order valence-electron chi connectivity index (χ0n) is 6.45. The monoisotopic (exact) mass is 169 g/mol. The van der Waals surface area contributed by atoms with Crippen LogP contribution in [0.2, 0.25) is 0 Å². The van der Waals surface area contributed by atoms with Gasteiger partial charge in [-0.25, -0.2) is 4.98 Å². The van der Waals surface area contributed by atoms with Crippen LogP contribution >= 0.6 is 11.8 Å². The highest BCUT2D eigenvalue weighted by Gasteiger charge is 1.94. The van der Waals surface area contributed by atoms with E-state index in [1.165, 1.54) is 0 Å². The van der Waals surface area contributed by atoms with Crippen LogP contribution in [0.25, 0.3) is 0 Å². The van der Waals surface area contributed by atoms with Crippen molar-refractivity contribution in [3.8, 4) is 0 Å². The molecular formula is C7H11N3S. The molecule has 0 aliphatic rings. The number of aryl methyl sites for hydroxylation is 1. The summed E-state index contributed by atoms with van der Waals surface area (Å²) >= 11 is 1.64. The van der Waals surface area contributed by atoms with Gasteiger partial charge in [0.1, 0.15) is 5.03 Å². The van der Waals surface area contributed by atoms with Gasteiger partial charge in [0.2, 0.25) is 0 Å². The maximum absolute atomic E-state index is 5.35. The van der Waals surface area contributed by atoms with Gasteiger partial charge in [0.25, 0.3) is 0 Å². The molecule has 0 bridgehead atoms. The standard InChI is InChI=1S/C7H11N3S/c1-6-4-9-5-7(10-6)11-3-2-8/h4-5H,2-3,8H2,1H3. The summed E-state index contributed by atoms with van der Waals surface area (Å²) in [5, 5.41) is 0.954. The lowest BCUT2D eigenvalue weighted by Crippen LogP contribution is -2.01. The number of thioether (sulfide) groups is 1. The van der Waals surface area contributed by atoms with E-state index in [2.05, 4.69) is 9.97 Å². The van der Waals surface area contributed by atoms with Crippen LogP contribution in [0.3, 0.4) is 0 Å². The van der Waals surface area contributed by atoms with Gasteiger partial charge < -0.3 is 5.73 Å². The van der Waals surface area contributed by atoms with Gasteiger partial charge in [-0.15, -0.1) is 11.8 Å². The van der Waals surface area contributed by atoms with E-state index < -0.39 is 0 Å². The fourth-order valence-electron chi connectivity index (χ4n) is 0.673. The molecule has 4 heteroatoms. The molecule has 0 atom stereocenters. The molecule has 0 aliphatic heterocycles. The normalized spacial score (nSPS) is 10.0. The molecular weight excluding hydrogens is 158 g/mol. The second-order valence-corrected chi connectivity index (χ2v) is 3.25. The predicted octanol–water partition coefficient (Wildman–Crippen LogP) is 0.836. The smallest absolute Gasteiger partial charge is 0.115 e. The van der Waals surface area contributed by atoms with E-state index in [1.807, 2.05) is 6.92 Å². The van der Waals surface area contributed by atoms with E-state index in [-0.39, 0.29) is 0 Å². The second kappa shape index (κ2) is 4.31. The van der Waals surface area contributed by atoms with E-state index in [9.17, 15) is 0 Å². The molecule has 1 aromatic heterocycles. The summed E-state index contributed by atoms with van der Waals surface area (Å²) in [7, 11) is 0. The highest BCUT2D eigenvalue weighted by molar-refractivity contribution is 7.99. The summed E-state index contributed by atoms with van der Waals surface area (Å²) < 4.78 is 0. The van der Waals surface area contributed by atoms with Crippen molar-refractivity contribution in [3.63, 3.8) is 0 Å². The van der Waals surface area contributed by atoms with E-state index in [0.29, 0.717) is 6.54 Å². The van der Waals surface area contributed by atoms with E-state index in [1.54, 1.807) is 24.2 Å². The van der Waals surface area contributed by atoms with Crippen molar-refractivity contribution >= 4 is 11.8 Å². The highest BCUT2D eigenvalue weighted by Crippen LogP contribution is 2.12. The zero-order valence-corrected chi connectivity index (χ0v) is 7.27. The van der Waals surface area contributed by atoms with Crippen LogP contribution in [-0.2, 0) is 0 Å². The molecule has 1 aromatic rings. The lowest BCUT2D eigenvalue weighted by molar-refractivity contribution is 0.996. The lowest BCUT2D eigenvalue weighted by Gasteiger charge is -1.97. The predicted molar refractivity (Wildman–Crippen MR) is 46.5 cm³/mol. The third-order valence-electron chi connectivity index (χ3n) is 1.10. The maximum Gasteiger partial charge on any atom is 0.115 e. The summed E-state index contributed by atoms with van der Waals surface area (Å²) in [5.41, 5.74) is 6.30. The molecule has 1 rings (SSSR count). The van der Waals surface area contributed by atoms with Gasteiger partial charge in [0, 0.05) is 18.5 Å². The Labute approximate surface area is 70.4 Å². The molecule has 3 nitrogen and oxygen atoms in total. The number of aromatic nitrogens is 2. The van der Waals surface area contributed by atoms with Gasteiger partial charge in [-0.05, 0) is 6.92 Å². The Balaban J connectivity index is 2.56. The lowest BCUT2D eigenvalue weighted by atomic mass is 10.5. The Morgan fingerprint density at radius 3 is 3.00 bits per heavy atom. The topological polar surface area (TPSA) is 51.8 Å². The molecule has 0 unspecified atom stereocenters. The summed E-state index contributed by atoms with van der Waals surface area (Å²) in [4.78, 5) is 8.27. The Morgan fingerprint density at radius 2 is 2.36 bits per heavy atom. The minimum Gasteiger partial charge on any atom is -0.330 e. The molecule has 0 spiro atoms. The van der Waals surface area contributed by atoms with Crippen molar-refractivity contribution < 1.29 is 0 Å². The summed E-state index contributed by atoms with van der Waals surface area (Å²) in [6.07, 6.45) is 3.50. The first kappa shape index (κ1) is 8.49. The van der Waals surface area contributed by atoms with E-state index in [0.717, 1.165) is 16.5 Å². The summed E-state index contributed by atoms with van der Waals surface area (Å²) in [6, 6.07) is 0. The van der Waals surface area contributed by atoms with Crippen molar-refractivity contribution in [1.82, 2.24) is 9.97 Å². The first-order valence-corrected chi connectivity index (χ1v) is 4.43. The van der Waals surface area contributed by atoms with Crippen LogP contribution in [0, 0.1) is 6.92 Å². The zero-order chi connectivity index (χ0) is 8.10. The Kier molecular flexibility index (Phi) is 3.32. The van der Waals surface area contributed by atoms with Crippen molar-refractivity contribution in [2.45, 2.75) is 11.9 Å². The second-order valence-electron chi connectivity index (χ2n) is 2.14. The first-order chi connectivity index (χ1) is 5.33. The Hall–Kier alpha value is -0.610. The van der Waals surface area contributed by atoms with Gasteiger partial charge in [-0.3, -0.25) is 4.98 Å². The SMILES string of the molecule is Cc1cncc(SCCN)n1. The third-order valence-corrected chi connectivity index (χ3v) is 2.03.